The Bertz CT molecular complexity index is 482. The molecule has 0 spiro atoms. The molecule has 1 aliphatic heterocycles. The second kappa shape index (κ2) is 6.36. The predicted molar refractivity (Wildman–Crippen MR) is 77.9 cm³/mol. The SMILES string of the molecule is CS(=O)(=O)NCCN1CCN(c2ccccc2)CC1. The number of sulfonamides is 1. The summed E-state index contributed by atoms with van der Waals surface area (Å²) >= 11 is 0. The first-order valence-corrected chi connectivity index (χ1v) is 8.41. The van der Waals surface area contributed by atoms with Crippen LogP contribution in [-0.2, 0) is 10.0 Å². The molecule has 0 aromatic heterocycles. The van der Waals surface area contributed by atoms with E-state index in [0.29, 0.717) is 6.54 Å². The van der Waals surface area contributed by atoms with Crippen LogP contribution in [0.1, 0.15) is 0 Å². The van der Waals surface area contributed by atoms with Gasteiger partial charge in [-0.05, 0) is 12.1 Å². The summed E-state index contributed by atoms with van der Waals surface area (Å²) in [4.78, 5) is 4.65. The van der Waals surface area contributed by atoms with E-state index in [1.165, 1.54) is 11.9 Å². The maximum Gasteiger partial charge on any atom is 0.208 e. The highest BCUT2D eigenvalue weighted by Crippen LogP contribution is 2.15. The van der Waals surface area contributed by atoms with Gasteiger partial charge in [-0.3, -0.25) is 4.90 Å². The molecule has 1 saturated heterocycles. The molecule has 2 rings (SSSR count). The summed E-state index contributed by atoms with van der Waals surface area (Å²) in [6.45, 7) is 5.19. The standard InChI is InChI=1S/C13H21N3O2S/c1-19(17,18)14-7-8-15-9-11-16(12-10-15)13-5-3-2-4-6-13/h2-6,14H,7-12H2,1H3. The normalized spacial score (nSPS) is 17.6. The van der Waals surface area contributed by atoms with Gasteiger partial charge in [0.1, 0.15) is 0 Å². The van der Waals surface area contributed by atoms with Crippen LogP contribution in [0.4, 0.5) is 5.69 Å². The fraction of sp³-hybridized carbons (Fsp3) is 0.538. The van der Waals surface area contributed by atoms with Crippen molar-refractivity contribution in [3.8, 4) is 0 Å². The molecule has 0 aliphatic carbocycles. The Kier molecular flexibility index (Phi) is 4.79. The molecule has 0 saturated carbocycles. The van der Waals surface area contributed by atoms with Crippen LogP contribution in [-0.4, -0.2) is 58.8 Å². The highest BCUT2D eigenvalue weighted by molar-refractivity contribution is 7.88. The number of para-hydroxylation sites is 1. The molecule has 0 atom stereocenters. The minimum Gasteiger partial charge on any atom is -0.369 e. The van der Waals surface area contributed by atoms with E-state index >= 15 is 0 Å². The lowest BCUT2D eigenvalue weighted by Crippen LogP contribution is -2.48. The second-order valence-electron chi connectivity index (χ2n) is 4.83. The molecule has 5 nitrogen and oxygen atoms in total. The lowest BCUT2D eigenvalue weighted by Gasteiger charge is -2.36. The minimum atomic E-state index is -3.07. The van der Waals surface area contributed by atoms with Crippen molar-refractivity contribution < 1.29 is 8.42 Å². The number of rotatable bonds is 5. The molecule has 0 unspecified atom stereocenters. The number of piperazine rings is 1. The summed E-state index contributed by atoms with van der Waals surface area (Å²) in [5.41, 5.74) is 1.26. The molecule has 0 amide bonds. The molecule has 1 N–H and O–H groups in total. The lowest BCUT2D eigenvalue weighted by atomic mass is 10.2. The average molecular weight is 283 g/mol. The van der Waals surface area contributed by atoms with E-state index in [1.807, 2.05) is 6.07 Å². The third-order valence-corrected chi connectivity index (χ3v) is 4.01. The third kappa shape index (κ3) is 4.81. The number of hydrogen-bond acceptors (Lipinski definition) is 4. The van der Waals surface area contributed by atoms with Crippen LogP contribution in [0.15, 0.2) is 30.3 Å². The van der Waals surface area contributed by atoms with Crippen LogP contribution in [0.2, 0.25) is 0 Å². The zero-order valence-corrected chi connectivity index (χ0v) is 12.1. The van der Waals surface area contributed by atoms with Gasteiger partial charge in [0.05, 0.1) is 6.26 Å². The Morgan fingerprint density at radius 1 is 1.11 bits per heavy atom. The van der Waals surface area contributed by atoms with Gasteiger partial charge in [-0.25, -0.2) is 13.1 Å². The summed E-state index contributed by atoms with van der Waals surface area (Å²) in [7, 11) is -3.07. The quantitative estimate of drug-likeness (QED) is 0.848. The Morgan fingerprint density at radius 3 is 2.32 bits per heavy atom. The molecule has 1 heterocycles. The van der Waals surface area contributed by atoms with Gasteiger partial charge in [0.15, 0.2) is 0 Å². The zero-order valence-electron chi connectivity index (χ0n) is 11.2. The number of nitrogens with zero attached hydrogens (tertiary/aromatic N) is 2. The van der Waals surface area contributed by atoms with Crippen LogP contribution < -0.4 is 9.62 Å². The molecule has 0 radical (unpaired) electrons. The van der Waals surface area contributed by atoms with Gasteiger partial charge in [-0.2, -0.15) is 0 Å². The van der Waals surface area contributed by atoms with E-state index in [0.717, 1.165) is 32.7 Å². The first-order valence-electron chi connectivity index (χ1n) is 6.51. The van der Waals surface area contributed by atoms with Gasteiger partial charge < -0.3 is 4.90 Å². The van der Waals surface area contributed by atoms with Gasteiger partial charge in [-0.1, -0.05) is 18.2 Å². The van der Waals surface area contributed by atoms with Gasteiger partial charge in [-0.15, -0.1) is 0 Å². The van der Waals surface area contributed by atoms with Crippen LogP contribution in [0.3, 0.4) is 0 Å². The average Bonchev–Trinajstić information content (AvgIpc) is 2.39. The number of anilines is 1. The Labute approximate surface area is 115 Å². The molecule has 1 aromatic rings. The van der Waals surface area contributed by atoms with Gasteiger partial charge in [0.2, 0.25) is 10.0 Å². The molecular weight excluding hydrogens is 262 g/mol. The topological polar surface area (TPSA) is 52.7 Å². The van der Waals surface area contributed by atoms with E-state index in [1.54, 1.807) is 0 Å². The van der Waals surface area contributed by atoms with Crippen molar-refractivity contribution in [3.63, 3.8) is 0 Å². The molecule has 19 heavy (non-hydrogen) atoms. The van der Waals surface area contributed by atoms with E-state index < -0.39 is 10.0 Å². The predicted octanol–water partition coefficient (Wildman–Crippen LogP) is 0.358. The fourth-order valence-corrected chi connectivity index (χ4v) is 2.72. The summed E-state index contributed by atoms with van der Waals surface area (Å²) in [5, 5.41) is 0. The van der Waals surface area contributed by atoms with Crippen LogP contribution in [0.25, 0.3) is 0 Å². The summed E-state index contributed by atoms with van der Waals surface area (Å²) in [6.07, 6.45) is 1.19. The van der Waals surface area contributed by atoms with E-state index in [-0.39, 0.29) is 0 Å². The van der Waals surface area contributed by atoms with E-state index in [4.69, 9.17) is 0 Å². The number of hydrogen-bond donors (Lipinski definition) is 1. The van der Waals surface area contributed by atoms with Crippen molar-refractivity contribution in [3.05, 3.63) is 30.3 Å². The minimum absolute atomic E-state index is 0.490. The lowest BCUT2D eigenvalue weighted by molar-refractivity contribution is 0.262. The third-order valence-electron chi connectivity index (χ3n) is 3.29. The van der Waals surface area contributed by atoms with Crippen molar-refractivity contribution in [2.75, 3.05) is 50.4 Å². The van der Waals surface area contributed by atoms with Crippen LogP contribution in [0.5, 0.6) is 0 Å². The largest absolute Gasteiger partial charge is 0.369 e. The molecule has 106 valence electrons. The summed E-state index contributed by atoms with van der Waals surface area (Å²) in [6, 6.07) is 10.4. The van der Waals surface area contributed by atoms with Crippen LogP contribution >= 0.6 is 0 Å². The summed E-state index contributed by atoms with van der Waals surface area (Å²) in [5.74, 6) is 0. The van der Waals surface area contributed by atoms with Gasteiger partial charge in [0.25, 0.3) is 0 Å². The molecule has 1 fully saturated rings. The monoisotopic (exact) mass is 283 g/mol. The number of benzene rings is 1. The maximum atomic E-state index is 11.0. The molecular formula is C13H21N3O2S. The van der Waals surface area contributed by atoms with Gasteiger partial charge in [0, 0.05) is 45.0 Å². The van der Waals surface area contributed by atoms with Crippen molar-refractivity contribution >= 4 is 15.7 Å². The Hall–Kier alpha value is -1.11. The Morgan fingerprint density at radius 2 is 1.74 bits per heavy atom. The summed E-state index contributed by atoms with van der Waals surface area (Å²) < 4.78 is 24.5. The number of nitrogens with one attached hydrogen (secondary N) is 1. The van der Waals surface area contributed by atoms with Crippen molar-refractivity contribution in [2.24, 2.45) is 0 Å². The maximum absolute atomic E-state index is 11.0. The molecule has 6 heteroatoms. The van der Waals surface area contributed by atoms with E-state index in [9.17, 15) is 8.42 Å². The zero-order chi connectivity index (χ0) is 13.7. The van der Waals surface area contributed by atoms with Crippen molar-refractivity contribution in [1.29, 1.82) is 0 Å². The highest BCUT2D eigenvalue weighted by Gasteiger charge is 2.16. The fourth-order valence-electron chi connectivity index (χ4n) is 2.26. The van der Waals surface area contributed by atoms with Crippen molar-refractivity contribution in [2.45, 2.75) is 0 Å². The first-order chi connectivity index (χ1) is 9.04. The highest BCUT2D eigenvalue weighted by atomic mass is 32.2. The van der Waals surface area contributed by atoms with Crippen molar-refractivity contribution in [1.82, 2.24) is 9.62 Å². The second-order valence-corrected chi connectivity index (χ2v) is 6.66. The van der Waals surface area contributed by atoms with Gasteiger partial charge >= 0.3 is 0 Å². The first kappa shape index (κ1) is 14.3. The molecule has 1 aromatic carbocycles. The van der Waals surface area contributed by atoms with Crippen LogP contribution in [0, 0.1) is 0 Å². The Balaban J connectivity index is 1.74. The smallest absolute Gasteiger partial charge is 0.208 e. The molecule has 1 aliphatic rings. The van der Waals surface area contributed by atoms with E-state index in [2.05, 4.69) is 38.8 Å². The molecule has 0 bridgehead atoms.